The third kappa shape index (κ3) is 6.00. The van der Waals surface area contributed by atoms with Gasteiger partial charge in [-0.15, -0.1) is 0 Å². The SMILES string of the molecule is COc1ccc(Oc2c(Br)cc(N(CC(=O)O)C(=O)N3CCOCC3)cc2Br)cc1-c1ccccc1. The number of carboxylic acid groups (broad SMARTS) is 1. The maximum atomic E-state index is 13.1. The molecule has 0 atom stereocenters. The van der Waals surface area contributed by atoms with Crippen LogP contribution in [0.1, 0.15) is 0 Å². The minimum Gasteiger partial charge on any atom is -0.496 e. The van der Waals surface area contributed by atoms with Crippen molar-refractivity contribution in [1.82, 2.24) is 4.90 Å². The highest BCUT2D eigenvalue weighted by Crippen LogP contribution is 2.42. The van der Waals surface area contributed by atoms with E-state index in [1.165, 1.54) is 4.90 Å². The standard InChI is InChI=1S/C26H24Br2N2O6/c1-34-23-8-7-19(15-20(23)17-5-3-2-4-6-17)36-25-21(27)13-18(14-22(25)28)30(16-24(31)32)26(33)29-9-11-35-12-10-29/h2-8,13-15H,9-12,16H2,1H3,(H,31,32). The third-order valence-electron chi connectivity index (χ3n) is 5.58. The van der Waals surface area contributed by atoms with E-state index in [-0.39, 0.29) is 0 Å². The first-order valence-corrected chi connectivity index (χ1v) is 12.7. The molecule has 1 aliphatic rings. The second kappa shape index (κ2) is 11.8. The van der Waals surface area contributed by atoms with E-state index in [2.05, 4.69) is 31.9 Å². The maximum absolute atomic E-state index is 13.1. The molecule has 1 heterocycles. The Morgan fingerprint density at radius 3 is 2.31 bits per heavy atom. The second-order valence-electron chi connectivity index (χ2n) is 7.93. The molecule has 3 aromatic carbocycles. The van der Waals surface area contributed by atoms with Crippen LogP contribution in [0.5, 0.6) is 17.2 Å². The number of hydrogen-bond acceptors (Lipinski definition) is 5. The Morgan fingerprint density at radius 2 is 1.69 bits per heavy atom. The topological polar surface area (TPSA) is 88.5 Å². The summed E-state index contributed by atoms with van der Waals surface area (Å²) in [6, 6.07) is 18.3. The summed E-state index contributed by atoms with van der Waals surface area (Å²) in [6.07, 6.45) is 0. The number of urea groups is 1. The van der Waals surface area contributed by atoms with E-state index in [0.29, 0.717) is 58.2 Å². The first-order valence-electron chi connectivity index (χ1n) is 11.1. The number of rotatable bonds is 7. The zero-order chi connectivity index (χ0) is 25.7. The first-order chi connectivity index (χ1) is 17.4. The number of hydrogen-bond donors (Lipinski definition) is 1. The van der Waals surface area contributed by atoms with E-state index >= 15 is 0 Å². The van der Waals surface area contributed by atoms with Crippen molar-refractivity contribution < 1.29 is 28.9 Å². The Kier molecular flexibility index (Phi) is 8.50. The van der Waals surface area contributed by atoms with Gasteiger partial charge in [-0.25, -0.2) is 4.79 Å². The monoisotopic (exact) mass is 618 g/mol. The number of nitrogens with zero attached hydrogens (tertiary/aromatic N) is 2. The molecular weight excluding hydrogens is 596 g/mol. The highest BCUT2D eigenvalue weighted by Gasteiger charge is 2.27. The van der Waals surface area contributed by atoms with Gasteiger partial charge in [0, 0.05) is 24.3 Å². The maximum Gasteiger partial charge on any atom is 0.325 e. The smallest absolute Gasteiger partial charge is 0.325 e. The average molecular weight is 620 g/mol. The summed E-state index contributed by atoms with van der Waals surface area (Å²) in [5, 5.41) is 9.45. The van der Waals surface area contributed by atoms with Gasteiger partial charge in [0.2, 0.25) is 0 Å². The number of benzene rings is 3. The molecule has 188 valence electrons. The highest BCUT2D eigenvalue weighted by atomic mass is 79.9. The molecule has 0 aromatic heterocycles. The molecule has 1 saturated heterocycles. The number of carbonyl (C=O) groups excluding carboxylic acids is 1. The van der Waals surface area contributed by atoms with Crippen LogP contribution >= 0.6 is 31.9 Å². The molecule has 0 aliphatic carbocycles. The molecule has 4 rings (SSSR count). The molecule has 0 saturated carbocycles. The van der Waals surface area contributed by atoms with Crippen molar-refractivity contribution in [1.29, 1.82) is 0 Å². The molecule has 0 spiro atoms. The summed E-state index contributed by atoms with van der Waals surface area (Å²) in [4.78, 5) is 27.5. The zero-order valence-corrected chi connectivity index (χ0v) is 22.6. The van der Waals surface area contributed by atoms with E-state index in [1.54, 1.807) is 30.2 Å². The molecule has 1 aliphatic heterocycles. The van der Waals surface area contributed by atoms with Crippen molar-refractivity contribution in [3.05, 3.63) is 69.6 Å². The van der Waals surface area contributed by atoms with E-state index in [4.69, 9.17) is 14.2 Å². The number of morpholine rings is 1. The van der Waals surface area contributed by atoms with E-state index in [1.807, 2.05) is 42.5 Å². The molecule has 8 nitrogen and oxygen atoms in total. The predicted octanol–water partition coefficient (Wildman–Crippen LogP) is 6.02. The van der Waals surface area contributed by atoms with Gasteiger partial charge in [0.15, 0.2) is 5.75 Å². The molecule has 1 N–H and O–H groups in total. The van der Waals surface area contributed by atoms with Gasteiger partial charge in [-0.1, -0.05) is 30.3 Å². The molecule has 3 aromatic rings. The summed E-state index contributed by atoms with van der Waals surface area (Å²) < 4.78 is 18.1. The van der Waals surface area contributed by atoms with Gasteiger partial charge in [0.1, 0.15) is 18.0 Å². The van der Waals surface area contributed by atoms with Crippen molar-refractivity contribution >= 4 is 49.5 Å². The summed E-state index contributed by atoms with van der Waals surface area (Å²) in [5.41, 5.74) is 2.28. The lowest BCUT2D eigenvalue weighted by Gasteiger charge is -2.32. The van der Waals surface area contributed by atoms with Gasteiger partial charge in [0.05, 0.1) is 29.3 Å². The van der Waals surface area contributed by atoms with E-state index < -0.39 is 18.5 Å². The quantitative estimate of drug-likeness (QED) is 0.348. The Bertz CT molecular complexity index is 1230. The summed E-state index contributed by atoms with van der Waals surface area (Å²) >= 11 is 7.06. The highest BCUT2D eigenvalue weighted by molar-refractivity contribution is 9.11. The summed E-state index contributed by atoms with van der Waals surface area (Å²) in [6.45, 7) is 1.16. The number of aliphatic carboxylic acids is 1. The van der Waals surface area contributed by atoms with Gasteiger partial charge >= 0.3 is 12.0 Å². The molecule has 0 bridgehead atoms. The number of amides is 2. The molecule has 10 heteroatoms. The third-order valence-corrected chi connectivity index (χ3v) is 6.75. The molecule has 36 heavy (non-hydrogen) atoms. The van der Waals surface area contributed by atoms with Crippen LogP contribution in [0.15, 0.2) is 69.6 Å². The molecule has 0 unspecified atom stereocenters. The van der Waals surface area contributed by atoms with Crippen molar-refractivity contribution in [3.8, 4) is 28.4 Å². The van der Waals surface area contributed by atoms with Crippen molar-refractivity contribution in [2.24, 2.45) is 0 Å². The van der Waals surface area contributed by atoms with Gasteiger partial charge in [0.25, 0.3) is 0 Å². The van der Waals surface area contributed by atoms with Crippen LogP contribution in [0.2, 0.25) is 0 Å². The van der Waals surface area contributed by atoms with Crippen LogP contribution in [-0.4, -0.2) is 62.0 Å². The number of ether oxygens (including phenoxy) is 3. The van der Waals surface area contributed by atoms with Crippen LogP contribution in [0.4, 0.5) is 10.5 Å². The first kappa shape index (κ1) is 26.0. The van der Waals surface area contributed by atoms with Crippen molar-refractivity contribution in [2.45, 2.75) is 0 Å². The van der Waals surface area contributed by atoms with Crippen LogP contribution in [0.3, 0.4) is 0 Å². The molecular formula is C26H24Br2N2O6. The summed E-state index contributed by atoms with van der Waals surface area (Å²) in [7, 11) is 1.62. The number of anilines is 1. The fourth-order valence-corrected chi connectivity index (χ4v) is 5.17. The minimum atomic E-state index is -1.11. The minimum absolute atomic E-state index is 0.393. The van der Waals surface area contributed by atoms with E-state index in [0.717, 1.165) is 11.1 Å². The number of methoxy groups -OCH3 is 1. The van der Waals surface area contributed by atoms with Gasteiger partial charge < -0.3 is 24.2 Å². The second-order valence-corrected chi connectivity index (χ2v) is 9.64. The lowest BCUT2D eigenvalue weighted by atomic mass is 10.0. The Balaban J connectivity index is 1.64. The number of carboxylic acids is 1. The van der Waals surface area contributed by atoms with Gasteiger partial charge in [-0.2, -0.15) is 0 Å². The van der Waals surface area contributed by atoms with Crippen LogP contribution < -0.4 is 14.4 Å². The normalized spacial score (nSPS) is 13.2. The van der Waals surface area contributed by atoms with Crippen molar-refractivity contribution in [3.63, 3.8) is 0 Å². The molecule has 2 amide bonds. The Morgan fingerprint density at radius 1 is 1.03 bits per heavy atom. The van der Waals surface area contributed by atoms with Gasteiger partial charge in [-0.3, -0.25) is 9.69 Å². The van der Waals surface area contributed by atoms with Crippen LogP contribution in [-0.2, 0) is 9.53 Å². The van der Waals surface area contributed by atoms with Crippen molar-refractivity contribution in [2.75, 3.05) is 44.9 Å². The fourth-order valence-electron chi connectivity index (χ4n) is 3.84. The average Bonchev–Trinajstić information content (AvgIpc) is 2.89. The lowest BCUT2D eigenvalue weighted by Crippen LogP contribution is -2.49. The Hall–Kier alpha value is -3.08. The summed E-state index contributed by atoms with van der Waals surface area (Å²) in [5.74, 6) is 0.663. The fraction of sp³-hybridized carbons (Fsp3) is 0.231. The lowest BCUT2D eigenvalue weighted by molar-refractivity contribution is -0.135. The number of carbonyl (C=O) groups is 2. The van der Waals surface area contributed by atoms with Gasteiger partial charge in [-0.05, 0) is 67.8 Å². The van der Waals surface area contributed by atoms with Crippen LogP contribution in [0.25, 0.3) is 11.1 Å². The number of halogens is 2. The Labute approximate surface area is 225 Å². The van der Waals surface area contributed by atoms with E-state index in [9.17, 15) is 14.7 Å². The predicted molar refractivity (Wildman–Crippen MR) is 143 cm³/mol. The van der Waals surface area contributed by atoms with Crippen LogP contribution in [0, 0.1) is 0 Å². The molecule has 1 fully saturated rings. The largest absolute Gasteiger partial charge is 0.496 e. The zero-order valence-electron chi connectivity index (χ0n) is 19.4. The molecule has 0 radical (unpaired) electrons.